The van der Waals surface area contributed by atoms with Crippen LogP contribution >= 0.6 is 0 Å². The van der Waals surface area contributed by atoms with E-state index in [0.29, 0.717) is 0 Å². The topological polar surface area (TPSA) is 3.24 Å². The fourth-order valence-corrected chi connectivity index (χ4v) is 7.25. The molecule has 0 amide bonds. The molecule has 2 atom stereocenters. The van der Waals surface area contributed by atoms with Crippen molar-refractivity contribution in [3.8, 4) is 11.1 Å². The Morgan fingerprint density at radius 3 is 2.15 bits per heavy atom. The summed E-state index contributed by atoms with van der Waals surface area (Å²) < 4.78 is 0. The van der Waals surface area contributed by atoms with Crippen LogP contribution in [0.1, 0.15) is 33.7 Å². The van der Waals surface area contributed by atoms with Gasteiger partial charge >= 0.3 is 0 Å². The van der Waals surface area contributed by atoms with Crippen molar-refractivity contribution in [2.45, 2.75) is 5.92 Å². The van der Waals surface area contributed by atoms with Crippen LogP contribution in [-0.4, -0.2) is 0 Å². The van der Waals surface area contributed by atoms with Crippen LogP contribution in [0.15, 0.2) is 208 Å². The fourth-order valence-electron chi connectivity index (χ4n) is 7.25. The van der Waals surface area contributed by atoms with Crippen LogP contribution in [0.4, 0.5) is 17.1 Å². The first kappa shape index (κ1) is 34.7. The number of para-hydroxylation sites is 1. The van der Waals surface area contributed by atoms with E-state index in [1.165, 1.54) is 21.9 Å². The van der Waals surface area contributed by atoms with Gasteiger partial charge in [0.25, 0.3) is 0 Å². The Balaban J connectivity index is 1.35. The number of allylic oxidation sites excluding steroid dienone is 9. The predicted octanol–water partition coefficient (Wildman–Crippen LogP) is 14.6. The van der Waals surface area contributed by atoms with Crippen LogP contribution in [0.5, 0.6) is 0 Å². The quantitative estimate of drug-likeness (QED) is 0.0706. The van der Waals surface area contributed by atoms with Crippen molar-refractivity contribution in [2.75, 3.05) is 4.90 Å². The van der Waals surface area contributed by atoms with E-state index in [2.05, 4.69) is 201 Å². The molecule has 0 saturated heterocycles. The summed E-state index contributed by atoms with van der Waals surface area (Å²) in [7, 11) is 0. The first-order chi connectivity index (χ1) is 26.1. The zero-order valence-corrected chi connectivity index (χ0v) is 30.0. The largest absolute Gasteiger partial charge is 0.310 e. The Labute approximate surface area is 314 Å². The summed E-state index contributed by atoms with van der Waals surface area (Å²) in [6, 6.07) is 47.8. The highest BCUT2D eigenvalue weighted by Crippen LogP contribution is 2.40. The summed E-state index contributed by atoms with van der Waals surface area (Å²) in [6.07, 6.45) is 22.8. The molecule has 256 valence electrons. The Hall–Kier alpha value is -6.70. The van der Waals surface area contributed by atoms with Crippen molar-refractivity contribution in [3.63, 3.8) is 0 Å². The molecule has 0 bridgehead atoms. The summed E-state index contributed by atoms with van der Waals surface area (Å²) in [5.74, 6) is 0.525. The van der Waals surface area contributed by atoms with Gasteiger partial charge in [-0.15, -0.1) is 6.58 Å². The molecule has 53 heavy (non-hydrogen) atoms. The van der Waals surface area contributed by atoms with Crippen molar-refractivity contribution in [1.29, 1.82) is 0 Å². The molecule has 0 N–H and O–H groups in total. The van der Waals surface area contributed by atoms with E-state index in [9.17, 15) is 0 Å². The maximum absolute atomic E-state index is 4.12. The van der Waals surface area contributed by atoms with E-state index in [0.717, 1.165) is 50.5 Å². The van der Waals surface area contributed by atoms with Crippen LogP contribution in [0.25, 0.3) is 45.7 Å². The Morgan fingerprint density at radius 2 is 1.36 bits per heavy atom. The van der Waals surface area contributed by atoms with E-state index in [1.807, 2.05) is 24.3 Å². The van der Waals surface area contributed by atoms with Gasteiger partial charge in [-0.25, -0.2) is 0 Å². The number of nitrogens with zero attached hydrogens (tertiary/aromatic N) is 1. The van der Waals surface area contributed by atoms with Gasteiger partial charge in [-0.3, -0.25) is 0 Å². The minimum Gasteiger partial charge on any atom is -0.310 e. The Bertz CT molecular complexity index is 2430. The van der Waals surface area contributed by atoms with Crippen LogP contribution < -0.4 is 4.90 Å². The normalized spacial score (nSPS) is 15.4. The number of anilines is 3. The van der Waals surface area contributed by atoms with Crippen molar-refractivity contribution in [3.05, 3.63) is 236 Å². The SMILES string of the molecule is C=C/C=C(\C=C)c1ccc(N(c2cccc(-c3cccc(C4C=CC=CC4C=C)c3)c2)c2ccccc2/C=C/c2c(C=C)ccc3ccccc23)cc1. The molecule has 1 heteroatoms. The Kier molecular flexibility index (Phi) is 10.6. The van der Waals surface area contributed by atoms with Gasteiger partial charge in [0.15, 0.2) is 0 Å². The van der Waals surface area contributed by atoms with E-state index >= 15 is 0 Å². The standard InChI is InChI=1S/C52H43N/c1-5-17-38(6-2)41-30-33-47(34-31-41)53(48-24-16-22-45(37-48)44-21-15-23-46(36-44)49-25-12-9-18-39(49)7-3)52-27-14-11-20-43(52)32-35-51-40(8-4)28-29-42-19-10-13-26-50(42)51/h5-37,39,49H,1-4H2/b35-32+,38-17+. The van der Waals surface area contributed by atoms with Crippen LogP contribution in [0.3, 0.4) is 0 Å². The third-order valence-electron chi connectivity index (χ3n) is 9.97. The summed E-state index contributed by atoms with van der Waals surface area (Å²) in [5, 5.41) is 2.40. The van der Waals surface area contributed by atoms with Crippen molar-refractivity contribution >= 4 is 51.6 Å². The van der Waals surface area contributed by atoms with Crippen LogP contribution in [0, 0.1) is 5.92 Å². The monoisotopic (exact) mass is 681 g/mol. The first-order valence-electron chi connectivity index (χ1n) is 18.1. The summed E-state index contributed by atoms with van der Waals surface area (Å²) >= 11 is 0. The summed E-state index contributed by atoms with van der Waals surface area (Å²) in [4.78, 5) is 2.35. The highest BCUT2D eigenvalue weighted by atomic mass is 15.1. The second-order valence-corrected chi connectivity index (χ2v) is 13.1. The molecule has 0 aromatic heterocycles. The van der Waals surface area contributed by atoms with Gasteiger partial charge in [0, 0.05) is 23.2 Å². The predicted molar refractivity (Wildman–Crippen MR) is 233 cm³/mol. The van der Waals surface area contributed by atoms with E-state index in [1.54, 1.807) is 6.08 Å². The summed E-state index contributed by atoms with van der Waals surface area (Å²) in [5.41, 5.74) is 12.2. The molecule has 0 saturated carbocycles. The van der Waals surface area contributed by atoms with Crippen LogP contribution in [0.2, 0.25) is 0 Å². The van der Waals surface area contributed by atoms with Gasteiger partial charge in [0.2, 0.25) is 0 Å². The van der Waals surface area contributed by atoms with Gasteiger partial charge < -0.3 is 4.90 Å². The van der Waals surface area contributed by atoms with Gasteiger partial charge in [-0.1, -0.05) is 190 Å². The van der Waals surface area contributed by atoms with Gasteiger partial charge in [-0.05, 0) is 85.6 Å². The lowest BCUT2D eigenvalue weighted by molar-refractivity contribution is 0.701. The molecule has 0 radical (unpaired) electrons. The average molecular weight is 682 g/mol. The molecule has 2 unspecified atom stereocenters. The molecule has 0 heterocycles. The Morgan fingerprint density at radius 1 is 0.604 bits per heavy atom. The molecule has 0 spiro atoms. The zero-order valence-electron chi connectivity index (χ0n) is 30.0. The lowest BCUT2D eigenvalue weighted by Crippen LogP contribution is -2.11. The third kappa shape index (κ3) is 7.38. The maximum Gasteiger partial charge on any atom is 0.0533 e. The van der Waals surface area contributed by atoms with Gasteiger partial charge in [-0.2, -0.15) is 0 Å². The average Bonchev–Trinajstić information content (AvgIpc) is 3.22. The molecule has 6 aromatic carbocycles. The van der Waals surface area contributed by atoms with Crippen molar-refractivity contribution < 1.29 is 0 Å². The number of fused-ring (bicyclic) bond motifs is 1. The molecule has 7 rings (SSSR count). The highest BCUT2D eigenvalue weighted by molar-refractivity contribution is 5.97. The molecule has 0 aliphatic heterocycles. The molecule has 1 aliphatic rings. The van der Waals surface area contributed by atoms with Crippen LogP contribution in [-0.2, 0) is 0 Å². The third-order valence-corrected chi connectivity index (χ3v) is 9.97. The molecule has 0 fully saturated rings. The molecular formula is C52H43N. The molecule has 1 nitrogen and oxygen atoms in total. The smallest absolute Gasteiger partial charge is 0.0533 e. The number of hydrogen-bond donors (Lipinski definition) is 0. The van der Waals surface area contributed by atoms with Gasteiger partial charge in [0.1, 0.15) is 0 Å². The van der Waals surface area contributed by atoms with Crippen molar-refractivity contribution in [2.24, 2.45) is 5.92 Å². The minimum absolute atomic E-state index is 0.258. The van der Waals surface area contributed by atoms with E-state index in [-0.39, 0.29) is 11.8 Å². The zero-order chi connectivity index (χ0) is 36.6. The molecular weight excluding hydrogens is 639 g/mol. The fraction of sp³-hybridized carbons (Fsp3) is 0.0385. The van der Waals surface area contributed by atoms with E-state index in [4.69, 9.17) is 0 Å². The number of rotatable bonds is 12. The van der Waals surface area contributed by atoms with Crippen molar-refractivity contribution in [1.82, 2.24) is 0 Å². The second kappa shape index (κ2) is 16.1. The highest BCUT2D eigenvalue weighted by Gasteiger charge is 2.20. The minimum atomic E-state index is 0.258. The van der Waals surface area contributed by atoms with E-state index < -0.39 is 0 Å². The lowest BCUT2D eigenvalue weighted by Gasteiger charge is -2.28. The molecule has 6 aromatic rings. The molecule has 1 aliphatic carbocycles. The summed E-state index contributed by atoms with van der Waals surface area (Å²) in [6.45, 7) is 16.1. The number of hydrogen-bond acceptors (Lipinski definition) is 1. The lowest BCUT2D eigenvalue weighted by atomic mass is 9.82. The second-order valence-electron chi connectivity index (χ2n) is 13.1. The number of benzene rings is 6. The van der Waals surface area contributed by atoms with Gasteiger partial charge in [0.05, 0.1) is 5.69 Å². The maximum atomic E-state index is 4.12. The first-order valence-corrected chi connectivity index (χ1v) is 18.1.